The number of aliphatic hydroxyl groups excluding tert-OH is 1. The number of hydrogen-bond acceptors (Lipinski definition) is 13. The van der Waals surface area contributed by atoms with Crippen LogP contribution < -0.4 is 21.4 Å². The van der Waals surface area contributed by atoms with Crippen molar-refractivity contribution in [3.05, 3.63) is 63.5 Å². The number of rotatable bonds is 13. The number of carboxylic acid groups (broad SMARTS) is 1. The maximum absolute atomic E-state index is 13.0. The van der Waals surface area contributed by atoms with E-state index < -0.39 is 65.2 Å². The smallest absolute Gasteiger partial charge is 0.404 e. The van der Waals surface area contributed by atoms with Crippen molar-refractivity contribution < 1.29 is 62.5 Å². The van der Waals surface area contributed by atoms with Crippen LogP contribution in [0.5, 0.6) is 11.5 Å². The van der Waals surface area contributed by atoms with Crippen molar-refractivity contribution in [2.24, 2.45) is 5.73 Å². The molecule has 2 amide bonds. The molecule has 0 unspecified atom stereocenters. The molecule has 4 atom stereocenters. The lowest BCUT2D eigenvalue weighted by Gasteiger charge is -2.47. The van der Waals surface area contributed by atoms with Crippen LogP contribution >= 0.6 is 0 Å². The summed E-state index contributed by atoms with van der Waals surface area (Å²) in [5.74, 6) is 3.64. The summed E-state index contributed by atoms with van der Waals surface area (Å²) in [5, 5.41) is 33.0. The molecule has 6 N–H and O–H groups in total. The number of primary amides is 1. The lowest BCUT2D eigenvalue weighted by molar-refractivity contribution is -0.304. The zero-order chi connectivity index (χ0) is 36.6. The minimum atomic E-state index is -1.53. The van der Waals surface area contributed by atoms with Crippen molar-refractivity contribution in [2.45, 2.75) is 57.4 Å². The number of nitrogens with one attached hydrogen (secondary N) is 1. The standard InChI is InChI=1S/C34H38N2O14/c1-18-22(47-32-26(40)28(49-33(35)43)29(44-4)34(2,3)50-32)12-11-21-25(39)24(31(42)48-27(18)21)36-30(41)20-9-7-19(8-10-20)6-5-14-45-16-17-46-15-13-23(37)38/h7-12,26,28-29,32,39-40H,13-17H2,1-4H3,(H2,35,43)(H,36,41)(H,37,38)/t26-,28+,29-,32-/m1/s1. The first-order valence-electron chi connectivity index (χ1n) is 15.3. The van der Waals surface area contributed by atoms with Crippen LogP contribution in [-0.2, 0) is 28.5 Å². The van der Waals surface area contributed by atoms with Gasteiger partial charge < -0.3 is 59.2 Å². The van der Waals surface area contributed by atoms with E-state index in [1.54, 1.807) is 32.9 Å². The van der Waals surface area contributed by atoms with Crippen molar-refractivity contribution in [3.63, 3.8) is 0 Å². The Bertz CT molecular complexity index is 1830. The quantitative estimate of drug-likeness (QED) is 0.0979. The molecule has 2 heterocycles. The number of methoxy groups -OCH3 is 1. The molecule has 16 nitrogen and oxygen atoms in total. The number of aliphatic carboxylic acids is 1. The second kappa shape index (κ2) is 16.5. The fourth-order valence-electron chi connectivity index (χ4n) is 5.20. The number of carbonyl (C=O) groups is 3. The lowest BCUT2D eigenvalue weighted by Crippen LogP contribution is -2.65. The maximum Gasteiger partial charge on any atom is 0.404 e. The highest BCUT2D eigenvalue weighted by atomic mass is 16.7. The number of fused-ring (bicyclic) bond motifs is 1. The average Bonchev–Trinajstić information content (AvgIpc) is 3.05. The van der Waals surface area contributed by atoms with Gasteiger partial charge in [-0.1, -0.05) is 11.8 Å². The highest BCUT2D eigenvalue weighted by Gasteiger charge is 2.53. The molecule has 4 rings (SSSR count). The first-order chi connectivity index (χ1) is 23.7. The van der Waals surface area contributed by atoms with Gasteiger partial charge in [0.2, 0.25) is 6.29 Å². The van der Waals surface area contributed by atoms with Gasteiger partial charge in [-0.3, -0.25) is 9.59 Å². The van der Waals surface area contributed by atoms with Crippen LogP contribution in [0, 0.1) is 18.8 Å². The van der Waals surface area contributed by atoms with Crippen molar-refractivity contribution in [3.8, 4) is 23.3 Å². The monoisotopic (exact) mass is 698 g/mol. The van der Waals surface area contributed by atoms with E-state index >= 15 is 0 Å². The van der Waals surface area contributed by atoms with Gasteiger partial charge in [0.15, 0.2) is 23.6 Å². The van der Waals surface area contributed by atoms with Crippen LogP contribution in [0.3, 0.4) is 0 Å². The minimum absolute atomic E-state index is 0.0510. The number of hydrogen-bond donors (Lipinski definition) is 5. The molecule has 0 spiro atoms. The van der Waals surface area contributed by atoms with Gasteiger partial charge in [-0.15, -0.1) is 0 Å². The van der Waals surface area contributed by atoms with Crippen LogP contribution in [0.1, 0.15) is 41.8 Å². The number of nitrogens with two attached hydrogens (primary N) is 1. The lowest BCUT2D eigenvalue weighted by atomic mass is 9.89. The average molecular weight is 699 g/mol. The van der Waals surface area contributed by atoms with Gasteiger partial charge in [0, 0.05) is 23.8 Å². The van der Waals surface area contributed by atoms with Crippen molar-refractivity contribution in [1.29, 1.82) is 0 Å². The van der Waals surface area contributed by atoms with E-state index in [9.17, 15) is 29.4 Å². The Kier molecular flexibility index (Phi) is 12.4. The van der Waals surface area contributed by atoms with Crippen LogP contribution in [0.15, 0.2) is 45.6 Å². The number of amides is 2. The summed E-state index contributed by atoms with van der Waals surface area (Å²) in [4.78, 5) is 47.9. The number of carboxylic acids is 1. The Labute approximate surface area is 286 Å². The fraction of sp³-hybridized carbons (Fsp3) is 0.412. The van der Waals surface area contributed by atoms with E-state index in [4.69, 9.17) is 43.7 Å². The summed E-state index contributed by atoms with van der Waals surface area (Å²) in [6.45, 7) is 5.55. The summed E-state index contributed by atoms with van der Waals surface area (Å²) >= 11 is 0. The van der Waals surface area contributed by atoms with Gasteiger partial charge >= 0.3 is 17.7 Å². The molecule has 2 aromatic carbocycles. The Hall–Kier alpha value is -5.18. The molecule has 0 bridgehead atoms. The van der Waals surface area contributed by atoms with Crippen molar-refractivity contribution >= 4 is 34.6 Å². The number of ether oxygens (including phenoxy) is 6. The highest BCUT2D eigenvalue weighted by Crippen LogP contribution is 2.38. The molecule has 50 heavy (non-hydrogen) atoms. The Balaban J connectivity index is 1.43. The normalized spacial score (nSPS) is 19.6. The molecule has 1 fully saturated rings. The van der Waals surface area contributed by atoms with Crippen LogP contribution in [-0.4, -0.2) is 97.0 Å². The van der Waals surface area contributed by atoms with Gasteiger partial charge in [0.05, 0.1) is 37.2 Å². The third-order valence-electron chi connectivity index (χ3n) is 7.64. The molecule has 0 radical (unpaired) electrons. The molecular weight excluding hydrogens is 660 g/mol. The van der Waals surface area contributed by atoms with E-state index in [0.717, 1.165) is 0 Å². The number of benzene rings is 2. The third-order valence-corrected chi connectivity index (χ3v) is 7.64. The van der Waals surface area contributed by atoms with Crippen LogP contribution in [0.25, 0.3) is 11.0 Å². The maximum atomic E-state index is 13.0. The van der Waals surface area contributed by atoms with E-state index in [2.05, 4.69) is 17.2 Å². The minimum Gasteiger partial charge on any atom is -0.505 e. The zero-order valence-electron chi connectivity index (χ0n) is 27.7. The predicted molar refractivity (Wildman–Crippen MR) is 175 cm³/mol. The Morgan fingerprint density at radius 2 is 1.76 bits per heavy atom. The molecule has 16 heteroatoms. The molecule has 0 saturated carbocycles. The Morgan fingerprint density at radius 1 is 1.06 bits per heavy atom. The molecular formula is C34H38N2O14. The number of anilines is 1. The van der Waals surface area contributed by atoms with E-state index in [1.165, 1.54) is 31.4 Å². The molecule has 3 aromatic rings. The fourth-order valence-corrected chi connectivity index (χ4v) is 5.20. The largest absolute Gasteiger partial charge is 0.505 e. The number of carbonyl (C=O) groups excluding carboxylic acids is 2. The highest BCUT2D eigenvalue weighted by molar-refractivity contribution is 6.06. The summed E-state index contributed by atoms with van der Waals surface area (Å²) in [6, 6.07) is 9.00. The van der Waals surface area contributed by atoms with E-state index in [0.29, 0.717) is 5.56 Å². The first kappa shape index (κ1) is 37.6. The van der Waals surface area contributed by atoms with E-state index in [-0.39, 0.29) is 60.7 Å². The number of aliphatic hydroxyl groups is 1. The van der Waals surface area contributed by atoms with Crippen molar-refractivity contribution in [1.82, 2.24) is 0 Å². The zero-order valence-corrected chi connectivity index (χ0v) is 27.7. The molecule has 1 saturated heterocycles. The SMILES string of the molecule is CO[C@@H]1[C@@H](OC(N)=O)[C@@H](O)[C@H](Oc2ccc3c(O)c(NC(=O)c4ccc(C#CCOCCOCCC(=O)O)cc4)c(=O)oc3c2C)OC1(C)C. The summed E-state index contributed by atoms with van der Waals surface area (Å²) in [5.41, 5.74) is 3.56. The third kappa shape index (κ3) is 9.08. The molecule has 1 aliphatic heterocycles. The van der Waals surface area contributed by atoms with E-state index in [1.807, 2.05) is 0 Å². The summed E-state index contributed by atoms with van der Waals surface area (Å²) in [6.07, 6.45) is -6.24. The summed E-state index contributed by atoms with van der Waals surface area (Å²) < 4.78 is 38.3. The second-order valence-electron chi connectivity index (χ2n) is 11.6. The number of aromatic hydroxyl groups is 1. The summed E-state index contributed by atoms with van der Waals surface area (Å²) in [7, 11) is 1.36. The molecule has 268 valence electrons. The topological polar surface area (TPSA) is 236 Å². The second-order valence-corrected chi connectivity index (χ2v) is 11.6. The van der Waals surface area contributed by atoms with Gasteiger partial charge in [-0.25, -0.2) is 9.59 Å². The van der Waals surface area contributed by atoms with Crippen LogP contribution in [0.2, 0.25) is 0 Å². The predicted octanol–water partition coefficient (Wildman–Crippen LogP) is 2.27. The number of aryl methyl sites for hydroxylation is 1. The first-order valence-corrected chi connectivity index (χ1v) is 15.3. The van der Waals surface area contributed by atoms with Gasteiger partial charge in [0.1, 0.15) is 24.0 Å². The molecule has 0 aliphatic carbocycles. The van der Waals surface area contributed by atoms with Crippen LogP contribution in [0.4, 0.5) is 10.5 Å². The Morgan fingerprint density at radius 3 is 2.42 bits per heavy atom. The molecule has 1 aliphatic rings. The van der Waals surface area contributed by atoms with Crippen molar-refractivity contribution in [2.75, 3.05) is 38.9 Å². The van der Waals surface area contributed by atoms with Gasteiger partial charge in [-0.05, 0) is 57.2 Å². The van der Waals surface area contributed by atoms with Gasteiger partial charge in [0.25, 0.3) is 5.91 Å². The molecule has 1 aromatic heterocycles. The van der Waals surface area contributed by atoms with Gasteiger partial charge in [-0.2, -0.15) is 0 Å².